The molecule has 1 unspecified atom stereocenters. The minimum Gasteiger partial charge on any atom is -0.463 e. The van der Waals surface area contributed by atoms with E-state index in [2.05, 4.69) is 28.5 Å². The maximum atomic E-state index is 12.4. The summed E-state index contributed by atoms with van der Waals surface area (Å²) in [6.45, 7) is 2.02. The van der Waals surface area contributed by atoms with Crippen LogP contribution in [0.3, 0.4) is 0 Å². The van der Waals surface area contributed by atoms with E-state index in [-0.39, 0.29) is 11.9 Å². The van der Waals surface area contributed by atoms with Crippen molar-refractivity contribution in [2.75, 3.05) is 0 Å². The van der Waals surface area contributed by atoms with E-state index >= 15 is 0 Å². The standard InChI is InChI=1S/C19H20N2O2/c1-12(14-7-6-13-4-2-3-5-15(13)10-14)20-19(22)17-11-18-16(21-17)8-9-23-18/h6-12,21H,2-5H2,1H3,(H,20,22). The van der Waals surface area contributed by atoms with E-state index in [9.17, 15) is 4.79 Å². The van der Waals surface area contributed by atoms with Crippen molar-refractivity contribution in [2.45, 2.75) is 38.6 Å². The third-order valence-corrected chi connectivity index (χ3v) is 4.70. The highest BCUT2D eigenvalue weighted by Gasteiger charge is 2.16. The van der Waals surface area contributed by atoms with E-state index in [1.54, 1.807) is 12.3 Å². The number of aryl methyl sites for hydroxylation is 2. The summed E-state index contributed by atoms with van der Waals surface area (Å²) in [7, 11) is 0. The monoisotopic (exact) mass is 308 g/mol. The van der Waals surface area contributed by atoms with Gasteiger partial charge in [-0.05, 0) is 49.3 Å². The van der Waals surface area contributed by atoms with Crippen molar-refractivity contribution >= 4 is 17.0 Å². The lowest BCUT2D eigenvalue weighted by Gasteiger charge is -2.20. The molecule has 1 aliphatic rings. The number of carbonyl (C=O) groups is 1. The van der Waals surface area contributed by atoms with Gasteiger partial charge >= 0.3 is 0 Å². The van der Waals surface area contributed by atoms with Crippen molar-refractivity contribution in [3.8, 4) is 0 Å². The van der Waals surface area contributed by atoms with Crippen LogP contribution in [0.4, 0.5) is 0 Å². The van der Waals surface area contributed by atoms with Gasteiger partial charge in [-0.1, -0.05) is 18.2 Å². The van der Waals surface area contributed by atoms with Crippen molar-refractivity contribution in [3.05, 3.63) is 59.0 Å². The molecule has 0 fully saturated rings. The Morgan fingerprint density at radius 1 is 1.17 bits per heavy atom. The molecule has 0 bridgehead atoms. The third kappa shape index (κ3) is 2.65. The number of aromatic amines is 1. The number of furan rings is 1. The minimum atomic E-state index is -0.110. The Hall–Kier alpha value is -2.49. The molecule has 4 rings (SSSR count). The van der Waals surface area contributed by atoms with E-state index in [1.807, 2.05) is 13.0 Å². The van der Waals surface area contributed by atoms with Crippen LogP contribution in [-0.4, -0.2) is 10.9 Å². The summed E-state index contributed by atoms with van der Waals surface area (Å²) < 4.78 is 5.29. The molecular weight excluding hydrogens is 288 g/mol. The van der Waals surface area contributed by atoms with Gasteiger partial charge in [0.1, 0.15) is 5.69 Å². The molecule has 0 saturated carbocycles. The van der Waals surface area contributed by atoms with E-state index in [0.717, 1.165) is 17.5 Å². The molecule has 3 aromatic rings. The van der Waals surface area contributed by atoms with E-state index < -0.39 is 0 Å². The van der Waals surface area contributed by atoms with Crippen LogP contribution in [0.2, 0.25) is 0 Å². The number of amides is 1. The normalized spacial score (nSPS) is 15.3. The fraction of sp³-hybridized carbons (Fsp3) is 0.316. The zero-order valence-corrected chi connectivity index (χ0v) is 13.2. The van der Waals surface area contributed by atoms with Gasteiger partial charge in [0.15, 0.2) is 5.58 Å². The Morgan fingerprint density at radius 2 is 2.00 bits per heavy atom. The second kappa shape index (κ2) is 5.61. The summed E-state index contributed by atoms with van der Waals surface area (Å²) in [6.07, 6.45) is 6.48. The van der Waals surface area contributed by atoms with E-state index in [0.29, 0.717) is 11.3 Å². The van der Waals surface area contributed by atoms with Gasteiger partial charge in [-0.15, -0.1) is 0 Å². The fourth-order valence-corrected chi connectivity index (χ4v) is 3.35. The molecule has 1 amide bonds. The number of carbonyl (C=O) groups excluding carboxylic acids is 1. The highest BCUT2D eigenvalue weighted by molar-refractivity contribution is 5.96. The van der Waals surface area contributed by atoms with Crippen molar-refractivity contribution in [1.82, 2.24) is 10.3 Å². The number of fused-ring (bicyclic) bond motifs is 2. The van der Waals surface area contributed by atoms with Crippen LogP contribution < -0.4 is 5.32 Å². The third-order valence-electron chi connectivity index (χ3n) is 4.70. The number of hydrogen-bond acceptors (Lipinski definition) is 2. The molecule has 4 nitrogen and oxygen atoms in total. The average molecular weight is 308 g/mol. The molecule has 2 aromatic heterocycles. The Labute approximate surface area is 134 Å². The molecule has 2 N–H and O–H groups in total. The molecule has 0 radical (unpaired) electrons. The number of nitrogens with one attached hydrogen (secondary N) is 2. The van der Waals surface area contributed by atoms with Crippen LogP contribution in [0.5, 0.6) is 0 Å². The predicted molar refractivity (Wildman–Crippen MR) is 89.5 cm³/mol. The molecule has 23 heavy (non-hydrogen) atoms. The molecule has 0 spiro atoms. The number of rotatable bonds is 3. The Kier molecular flexibility index (Phi) is 3.45. The van der Waals surface area contributed by atoms with Crippen molar-refractivity contribution < 1.29 is 9.21 Å². The first-order valence-corrected chi connectivity index (χ1v) is 8.19. The topological polar surface area (TPSA) is 58.0 Å². The van der Waals surface area contributed by atoms with Crippen LogP contribution in [0.25, 0.3) is 11.1 Å². The molecule has 1 aromatic carbocycles. The van der Waals surface area contributed by atoms with Gasteiger partial charge in [0.2, 0.25) is 0 Å². The lowest BCUT2D eigenvalue weighted by atomic mass is 9.89. The second-order valence-corrected chi connectivity index (χ2v) is 6.31. The molecular formula is C19H20N2O2. The first kappa shape index (κ1) is 14.1. The summed E-state index contributed by atoms with van der Waals surface area (Å²) >= 11 is 0. The zero-order valence-electron chi connectivity index (χ0n) is 13.2. The first-order valence-electron chi connectivity index (χ1n) is 8.19. The quantitative estimate of drug-likeness (QED) is 0.764. The Balaban J connectivity index is 1.51. The van der Waals surface area contributed by atoms with Gasteiger partial charge in [0.05, 0.1) is 17.8 Å². The summed E-state index contributed by atoms with van der Waals surface area (Å²) in [5, 5.41) is 3.06. The van der Waals surface area contributed by atoms with Crippen LogP contribution in [0, 0.1) is 0 Å². The zero-order chi connectivity index (χ0) is 15.8. The van der Waals surface area contributed by atoms with Gasteiger partial charge in [-0.25, -0.2) is 0 Å². The summed E-state index contributed by atoms with van der Waals surface area (Å²) in [4.78, 5) is 15.5. The average Bonchev–Trinajstić information content (AvgIpc) is 3.16. The first-order chi connectivity index (χ1) is 11.2. The van der Waals surface area contributed by atoms with Gasteiger partial charge in [-0.2, -0.15) is 0 Å². The largest absolute Gasteiger partial charge is 0.463 e. The predicted octanol–water partition coefficient (Wildman–Crippen LogP) is 4.13. The fourth-order valence-electron chi connectivity index (χ4n) is 3.35. The number of aromatic nitrogens is 1. The summed E-state index contributed by atoms with van der Waals surface area (Å²) in [6, 6.07) is 10.1. The molecule has 1 atom stereocenters. The molecule has 1 aliphatic carbocycles. The smallest absolute Gasteiger partial charge is 0.268 e. The van der Waals surface area contributed by atoms with Crippen molar-refractivity contribution in [3.63, 3.8) is 0 Å². The maximum absolute atomic E-state index is 12.4. The Bertz CT molecular complexity index is 831. The molecule has 4 heteroatoms. The molecule has 118 valence electrons. The highest BCUT2D eigenvalue weighted by Crippen LogP contribution is 2.25. The van der Waals surface area contributed by atoms with Gasteiger partial charge in [0, 0.05) is 12.1 Å². The molecule has 0 aliphatic heterocycles. The van der Waals surface area contributed by atoms with Gasteiger partial charge < -0.3 is 14.7 Å². The SMILES string of the molecule is CC(NC(=O)c1cc2occc2[nH]1)c1ccc2c(c1)CCCC2. The van der Waals surface area contributed by atoms with E-state index in [4.69, 9.17) is 4.42 Å². The van der Waals surface area contributed by atoms with Crippen molar-refractivity contribution in [1.29, 1.82) is 0 Å². The molecule has 2 heterocycles. The number of benzene rings is 1. The van der Waals surface area contributed by atoms with Gasteiger partial charge in [0.25, 0.3) is 5.91 Å². The van der Waals surface area contributed by atoms with Crippen LogP contribution >= 0.6 is 0 Å². The van der Waals surface area contributed by atoms with E-state index in [1.165, 1.54) is 30.4 Å². The molecule has 0 saturated heterocycles. The maximum Gasteiger partial charge on any atom is 0.268 e. The summed E-state index contributed by atoms with van der Waals surface area (Å²) in [5.41, 5.74) is 6.14. The van der Waals surface area contributed by atoms with Crippen molar-refractivity contribution in [2.24, 2.45) is 0 Å². The minimum absolute atomic E-state index is 0.0238. The van der Waals surface area contributed by atoms with Crippen LogP contribution in [-0.2, 0) is 12.8 Å². The second-order valence-electron chi connectivity index (χ2n) is 6.31. The summed E-state index contributed by atoms with van der Waals surface area (Å²) in [5.74, 6) is -0.110. The highest BCUT2D eigenvalue weighted by atomic mass is 16.3. The van der Waals surface area contributed by atoms with Crippen LogP contribution in [0.15, 0.2) is 41.0 Å². The van der Waals surface area contributed by atoms with Crippen LogP contribution in [0.1, 0.15) is 53.0 Å². The lowest BCUT2D eigenvalue weighted by Crippen LogP contribution is -2.27. The number of H-pyrrole nitrogens is 1. The lowest BCUT2D eigenvalue weighted by molar-refractivity contribution is 0.0935. The number of hydrogen-bond donors (Lipinski definition) is 2. The Morgan fingerprint density at radius 3 is 2.83 bits per heavy atom. The van der Waals surface area contributed by atoms with Gasteiger partial charge in [-0.3, -0.25) is 4.79 Å².